The van der Waals surface area contributed by atoms with Gasteiger partial charge in [0.15, 0.2) is 0 Å². The Morgan fingerprint density at radius 1 is 1.17 bits per heavy atom. The maximum Gasteiger partial charge on any atom is 0.237 e. The second-order valence-corrected chi connectivity index (χ2v) is 8.77. The average Bonchev–Trinajstić information content (AvgIpc) is 2.77. The van der Waals surface area contributed by atoms with E-state index < -0.39 is 10.0 Å². The first-order chi connectivity index (χ1) is 14.0. The first-order valence-corrected chi connectivity index (χ1v) is 11.2. The molecule has 0 bridgehead atoms. The van der Waals surface area contributed by atoms with E-state index in [1.165, 1.54) is 0 Å². The Labute approximate surface area is 171 Å². The van der Waals surface area contributed by atoms with Crippen molar-refractivity contribution in [2.45, 2.75) is 12.5 Å². The van der Waals surface area contributed by atoms with Crippen LogP contribution in [-0.4, -0.2) is 58.3 Å². The number of nitrogens with one attached hydrogen (secondary N) is 1. The molecule has 1 amide bonds. The molecule has 2 aromatic rings. The SMILES string of the molecule is COc1ccc(CCS(=O)(=O)NCC(=O)N2CCO[C@@H](c3ccccc3)C2)cc1. The van der Waals surface area contributed by atoms with Crippen LogP contribution in [0, 0.1) is 0 Å². The summed E-state index contributed by atoms with van der Waals surface area (Å²) in [6, 6.07) is 16.9. The van der Waals surface area contributed by atoms with E-state index in [0.717, 1.165) is 16.9 Å². The van der Waals surface area contributed by atoms with Crippen molar-refractivity contribution in [1.29, 1.82) is 0 Å². The molecule has 0 radical (unpaired) electrons. The van der Waals surface area contributed by atoms with Gasteiger partial charge in [0.1, 0.15) is 11.9 Å². The third-order valence-corrected chi connectivity index (χ3v) is 6.18. The Kier molecular flexibility index (Phi) is 7.24. The van der Waals surface area contributed by atoms with Gasteiger partial charge in [0, 0.05) is 6.54 Å². The molecule has 156 valence electrons. The molecule has 0 unspecified atom stereocenters. The third kappa shape index (κ3) is 6.28. The van der Waals surface area contributed by atoms with Gasteiger partial charge in [-0.25, -0.2) is 13.1 Å². The highest BCUT2D eigenvalue weighted by Crippen LogP contribution is 2.21. The number of amides is 1. The number of ether oxygens (including phenoxy) is 2. The quantitative estimate of drug-likeness (QED) is 0.706. The molecule has 0 spiro atoms. The predicted octanol–water partition coefficient (Wildman–Crippen LogP) is 1.76. The van der Waals surface area contributed by atoms with Crippen molar-refractivity contribution in [2.75, 3.05) is 39.1 Å². The standard InChI is InChI=1S/C21H26N2O5S/c1-27-19-9-7-17(8-10-19)11-14-29(25,26)22-15-21(24)23-12-13-28-20(16-23)18-5-3-2-4-6-18/h2-10,20,22H,11-16H2,1H3/t20-/m1/s1. The zero-order valence-corrected chi connectivity index (χ0v) is 17.2. The summed E-state index contributed by atoms with van der Waals surface area (Å²) in [7, 11) is -1.97. The third-order valence-electron chi connectivity index (χ3n) is 4.85. The molecule has 1 saturated heterocycles. The monoisotopic (exact) mass is 418 g/mol. The van der Waals surface area contributed by atoms with Crippen LogP contribution in [0.1, 0.15) is 17.2 Å². The summed E-state index contributed by atoms with van der Waals surface area (Å²) in [5, 5.41) is 0. The van der Waals surface area contributed by atoms with Crippen LogP contribution in [0.3, 0.4) is 0 Å². The highest BCUT2D eigenvalue weighted by Gasteiger charge is 2.26. The van der Waals surface area contributed by atoms with E-state index in [9.17, 15) is 13.2 Å². The Morgan fingerprint density at radius 2 is 1.90 bits per heavy atom. The van der Waals surface area contributed by atoms with Gasteiger partial charge in [-0.2, -0.15) is 0 Å². The van der Waals surface area contributed by atoms with Gasteiger partial charge in [0.2, 0.25) is 15.9 Å². The summed E-state index contributed by atoms with van der Waals surface area (Å²) in [6.45, 7) is 1.05. The van der Waals surface area contributed by atoms with Gasteiger partial charge < -0.3 is 14.4 Å². The molecule has 0 aliphatic carbocycles. The lowest BCUT2D eigenvalue weighted by molar-refractivity contribution is -0.137. The predicted molar refractivity (Wildman–Crippen MR) is 110 cm³/mol. The number of hydrogen-bond donors (Lipinski definition) is 1. The zero-order chi connectivity index (χ0) is 20.7. The Bertz CT molecular complexity index is 900. The fourth-order valence-corrected chi connectivity index (χ4v) is 4.14. The largest absolute Gasteiger partial charge is 0.497 e. The highest BCUT2D eigenvalue weighted by molar-refractivity contribution is 7.89. The van der Waals surface area contributed by atoms with Crippen LogP contribution < -0.4 is 9.46 Å². The van der Waals surface area contributed by atoms with Crippen LogP contribution in [0.15, 0.2) is 54.6 Å². The number of nitrogens with zero attached hydrogens (tertiary/aromatic N) is 1. The highest BCUT2D eigenvalue weighted by atomic mass is 32.2. The molecule has 0 aromatic heterocycles. The average molecular weight is 419 g/mol. The van der Waals surface area contributed by atoms with E-state index in [1.807, 2.05) is 42.5 Å². The Morgan fingerprint density at radius 3 is 2.59 bits per heavy atom. The lowest BCUT2D eigenvalue weighted by atomic mass is 10.1. The van der Waals surface area contributed by atoms with E-state index in [-0.39, 0.29) is 24.3 Å². The van der Waals surface area contributed by atoms with Crippen molar-refractivity contribution in [1.82, 2.24) is 9.62 Å². The molecule has 29 heavy (non-hydrogen) atoms. The van der Waals surface area contributed by atoms with Gasteiger partial charge >= 0.3 is 0 Å². The molecule has 1 atom stereocenters. The zero-order valence-electron chi connectivity index (χ0n) is 16.4. The molecular formula is C21H26N2O5S. The number of morpholine rings is 1. The minimum atomic E-state index is -3.55. The molecule has 1 fully saturated rings. The number of hydrogen-bond acceptors (Lipinski definition) is 5. The van der Waals surface area contributed by atoms with Gasteiger partial charge in [-0.05, 0) is 29.7 Å². The molecule has 8 heteroatoms. The maximum atomic E-state index is 12.5. The van der Waals surface area contributed by atoms with Crippen LogP contribution >= 0.6 is 0 Å². The summed E-state index contributed by atoms with van der Waals surface area (Å²) in [5.74, 6) is 0.393. The van der Waals surface area contributed by atoms with Gasteiger partial charge in [-0.3, -0.25) is 4.79 Å². The molecule has 1 N–H and O–H groups in total. The molecular weight excluding hydrogens is 392 g/mol. The summed E-state index contributed by atoms with van der Waals surface area (Å²) in [4.78, 5) is 14.1. The summed E-state index contributed by atoms with van der Waals surface area (Å²) < 4.78 is 37.8. The second kappa shape index (κ2) is 9.87. The minimum absolute atomic E-state index is 0.0810. The van der Waals surface area contributed by atoms with Gasteiger partial charge in [0.05, 0.1) is 32.6 Å². The molecule has 1 aliphatic rings. The molecule has 7 nitrogen and oxygen atoms in total. The van der Waals surface area contributed by atoms with Crippen LogP contribution in [-0.2, 0) is 26.0 Å². The number of benzene rings is 2. The van der Waals surface area contributed by atoms with Crippen LogP contribution in [0.25, 0.3) is 0 Å². The van der Waals surface area contributed by atoms with Gasteiger partial charge in [0.25, 0.3) is 0 Å². The smallest absolute Gasteiger partial charge is 0.237 e. The van der Waals surface area contributed by atoms with Crippen molar-refractivity contribution >= 4 is 15.9 Å². The number of carbonyl (C=O) groups excluding carboxylic acids is 1. The van der Waals surface area contributed by atoms with Crippen molar-refractivity contribution in [2.24, 2.45) is 0 Å². The summed E-state index contributed by atoms with van der Waals surface area (Å²) >= 11 is 0. The molecule has 3 rings (SSSR count). The normalized spacial score (nSPS) is 17.1. The fraction of sp³-hybridized carbons (Fsp3) is 0.381. The molecule has 1 aliphatic heterocycles. The summed E-state index contributed by atoms with van der Waals surface area (Å²) in [6.07, 6.45) is 0.168. The lowest BCUT2D eigenvalue weighted by Crippen LogP contribution is -2.46. The molecule has 2 aromatic carbocycles. The van der Waals surface area contributed by atoms with Crippen molar-refractivity contribution in [3.63, 3.8) is 0 Å². The van der Waals surface area contributed by atoms with Crippen LogP contribution in [0.5, 0.6) is 5.75 Å². The molecule has 0 saturated carbocycles. The first-order valence-electron chi connectivity index (χ1n) is 9.51. The number of aryl methyl sites for hydroxylation is 1. The van der Waals surface area contributed by atoms with E-state index in [1.54, 1.807) is 24.1 Å². The van der Waals surface area contributed by atoms with Crippen molar-refractivity contribution < 1.29 is 22.7 Å². The Balaban J connectivity index is 1.48. The van der Waals surface area contributed by atoms with Crippen LogP contribution in [0.2, 0.25) is 0 Å². The van der Waals surface area contributed by atoms with E-state index >= 15 is 0 Å². The van der Waals surface area contributed by atoms with E-state index in [4.69, 9.17) is 9.47 Å². The number of carbonyl (C=O) groups is 1. The number of methoxy groups -OCH3 is 1. The number of sulfonamides is 1. The fourth-order valence-electron chi connectivity index (χ4n) is 3.15. The maximum absolute atomic E-state index is 12.5. The summed E-state index contributed by atoms with van der Waals surface area (Å²) in [5.41, 5.74) is 1.89. The Hall–Kier alpha value is -2.42. The van der Waals surface area contributed by atoms with E-state index in [2.05, 4.69) is 4.72 Å². The van der Waals surface area contributed by atoms with Crippen molar-refractivity contribution in [3.8, 4) is 5.75 Å². The van der Waals surface area contributed by atoms with Gasteiger partial charge in [-0.15, -0.1) is 0 Å². The van der Waals surface area contributed by atoms with Crippen molar-refractivity contribution in [3.05, 3.63) is 65.7 Å². The lowest BCUT2D eigenvalue weighted by Gasteiger charge is -2.33. The van der Waals surface area contributed by atoms with Gasteiger partial charge in [-0.1, -0.05) is 42.5 Å². The second-order valence-electron chi connectivity index (χ2n) is 6.85. The molecule has 1 heterocycles. The first kappa shape index (κ1) is 21.3. The van der Waals surface area contributed by atoms with Crippen LogP contribution in [0.4, 0.5) is 0 Å². The van der Waals surface area contributed by atoms with E-state index in [0.29, 0.717) is 26.1 Å². The minimum Gasteiger partial charge on any atom is -0.497 e. The number of rotatable bonds is 8. The topological polar surface area (TPSA) is 84.9 Å².